The molecule has 0 saturated heterocycles. The van der Waals surface area contributed by atoms with E-state index in [0.717, 1.165) is 49.6 Å². The number of nitrogens with one attached hydrogen (secondary N) is 1. The Bertz CT molecular complexity index is 1880. The highest BCUT2D eigenvalue weighted by atomic mass is 79.9. The first-order valence-electron chi connectivity index (χ1n) is 16.4. The molecule has 12 heteroatoms. The first-order valence-corrected chi connectivity index (χ1v) is 17.2. The molecule has 0 radical (unpaired) electrons. The highest BCUT2D eigenvalue weighted by molar-refractivity contribution is 9.10. The van der Waals surface area contributed by atoms with E-state index in [9.17, 15) is 4.79 Å². The summed E-state index contributed by atoms with van der Waals surface area (Å²) in [5.41, 5.74) is 11.3. The van der Waals surface area contributed by atoms with Crippen LogP contribution in [0, 0.1) is 0 Å². The Balaban J connectivity index is 1.52. The van der Waals surface area contributed by atoms with E-state index in [0.29, 0.717) is 68.9 Å². The standard InChI is InChI=1S/C39H43BrN4O7/c1-46-31-13-9-27(10-14-31)35-36(28-11-15-32(47-2)16-12-28)44(38(43-35)30-23-33(40)37(49-4)34(24-30)48-3)25-26-5-7-29(8-6-26)39(45)42-18-20-51-22-21-50-19-17-41/h5-16,23-24H,17-22,25,41H2,1-4H3,(H,42,45). The molecule has 0 bridgehead atoms. The number of amides is 1. The van der Waals surface area contributed by atoms with E-state index in [1.165, 1.54) is 0 Å². The third-order valence-corrected chi connectivity index (χ3v) is 8.70. The summed E-state index contributed by atoms with van der Waals surface area (Å²) in [4.78, 5) is 18.2. The molecule has 5 aromatic rings. The van der Waals surface area contributed by atoms with Crippen molar-refractivity contribution >= 4 is 21.8 Å². The topological polar surface area (TPSA) is 128 Å². The monoisotopic (exact) mass is 758 g/mol. The SMILES string of the molecule is COc1ccc(-c2nc(-c3cc(Br)c(OC)c(OC)c3)n(Cc3ccc(C(=O)NCCOCCOCCN)cc3)c2-c2ccc(OC)cc2)cc1. The lowest BCUT2D eigenvalue weighted by Crippen LogP contribution is -2.27. The smallest absolute Gasteiger partial charge is 0.251 e. The molecule has 51 heavy (non-hydrogen) atoms. The minimum absolute atomic E-state index is 0.177. The number of methoxy groups -OCH3 is 4. The fourth-order valence-corrected chi connectivity index (χ4v) is 6.16. The van der Waals surface area contributed by atoms with Gasteiger partial charge in [-0.05, 0) is 94.3 Å². The number of ether oxygens (including phenoxy) is 6. The molecule has 0 aliphatic carbocycles. The number of imidazole rings is 1. The molecule has 0 fully saturated rings. The molecule has 0 aliphatic heterocycles. The average molecular weight is 760 g/mol. The molecule has 11 nitrogen and oxygen atoms in total. The second kappa shape index (κ2) is 18.4. The van der Waals surface area contributed by atoms with Gasteiger partial charge in [0.2, 0.25) is 0 Å². The Morgan fingerprint density at radius 2 is 1.37 bits per heavy atom. The highest BCUT2D eigenvalue weighted by Crippen LogP contribution is 2.43. The van der Waals surface area contributed by atoms with E-state index in [4.69, 9.17) is 39.1 Å². The maximum Gasteiger partial charge on any atom is 0.251 e. The van der Waals surface area contributed by atoms with Crippen LogP contribution in [0.25, 0.3) is 33.9 Å². The number of benzene rings is 4. The molecule has 0 saturated carbocycles. The van der Waals surface area contributed by atoms with Crippen molar-refractivity contribution in [2.75, 3.05) is 68.0 Å². The van der Waals surface area contributed by atoms with Crippen molar-refractivity contribution < 1.29 is 33.2 Å². The number of carbonyl (C=O) groups excluding carboxylic acids is 1. The van der Waals surface area contributed by atoms with E-state index in [1.54, 1.807) is 28.4 Å². The van der Waals surface area contributed by atoms with Crippen molar-refractivity contribution in [1.82, 2.24) is 14.9 Å². The van der Waals surface area contributed by atoms with Crippen molar-refractivity contribution in [3.05, 3.63) is 101 Å². The zero-order valence-corrected chi connectivity index (χ0v) is 30.8. The lowest BCUT2D eigenvalue weighted by molar-refractivity contribution is 0.0511. The summed E-state index contributed by atoms with van der Waals surface area (Å²) in [6.45, 7) is 3.11. The first-order chi connectivity index (χ1) is 24.9. The lowest BCUT2D eigenvalue weighted by Gasteiger charge is -2.16. The second-order valence-electron chi connectivity index (χ2n) is 11.3. The molecule has 4 aromatic carbocycles. The van der Waals surface area contributed by atoms with Crippen molar-refractivity contribution in [3.8, 4) is 56.9 Å². The number of nitrogens with zero attached hydrogens (tertiary/aromatic N) is 2. The van der Waals surface area contributed by atoms with Gasteiger partial charge in [0, 0.05) is 41.9 Å². The number of halogens is 1. The normalized spacial score (nSPS) is 10.9. The van der Waals surface area contributed by atoms with Crippen LogP contribution in [0.4, 0.5) is 0 Å². The summed E-state index contributed by atoms with van der Waals surface area (Å²) in [7, 11) is 6.50. The Labute approximate surface area is 306 Å². The summed E-state index contributed by atoms with van der Waals surface area (Å²) in [6, 6.07) is 27.2. The molecule has 0 unspecified atom stereocenters. The number of rotatable bonds is 18. The molecular weight excluding hydrogens is 716 g/mol. The Morgan fingerprint density at radius 1 is 0.745 bits per heavy atom. The molecule has 0 atom stereocenters. The lowest BCUT2D eigenvalue weighted by atomic mass is 10.0. The van der Waals surface area contributed by atoms with E-state index in [-0.39, 0.29) is 5.91 Å². The molecule has 3 N–H and O–H groups in total. The van der Waals surface area contributed by atoms with Gasteiger partial charge in [-0.15, -0.1) is 0 Å². The maximum atomic E-state index is 12.9. The molecule has 1 aromatic heterocycles. The van der Waals surface area contributed by atoms with Crippen LogP contribution in [-0.2, 0) is 16.0 Å². The third-order valence-electron chi connectivity index (χ3n) is 8.11. The van der Waals surface area contributed by atoms with Crippen molar-refractivity contribution in [3.63, 3.8) is 0 Å². The van der Waals surface area contributed by atoms with Gasteiger partial charge < -0.3 is 44.0 Å². The number of nitrogens with two attached hydrogens (primary N) is 1. The van der Waals surface area contributed by atoms with Crippen LogP contribution >= 0.6 is 15.9 Å². The van der Waals surface area contributed by atoms with Crippen molar-refractivity contribution in [1.29, 1.82) is 0 Å². The minimum Gasteiger partial charge on any atom is -0.497 e. The van der Waals surface area contributed by atoms with E-state index in [1.807, 2.05) is 84.9 Å². The molecule has 268 valence electrons. The summed E-state index contributed by atoms with van der Waals surface area (Å²) in [6.07, 6.45) is 0. The largest absolute Gasteiger partial charge is 0.497 e. The zero-order chi connectivity index (χ0) is 36.2. The fourth-order valence-electron chi connectivity index (χ4n) is 5.55. The predicted molar refractivity (Wildman–Crippen MR) is 201 cm³/mol. The van der Waals surface area contributed by atoms with Crippen molar-refractivity contribution in [2.24, 2.45) is 5.73 Å². The number of carbonyl (C=O) groups is 1. The van der Waals surface area contributed by atoms with Gasteiger partial charge in [0.25, 0.3) is 5.91 Å². The molecular formula is C39H43BrN4O7. The molecule has 5 rings (SSSR count). The van der Waals surface area contributed by atoms with Gasteiger partial charge in [-0.25, -0.2) is 4.98 Å². The Morgan fingerprint density at radius 3 is 1.96 bits per heavy atom. The maximum absolute atomic E-state index is 12.9. The predicted octanol–water partition coefficient (Wildman–Crippen LogP) is 6.45. The van der Waals surface area contributed by atoms with Crippen LogP contribution in [0.3, 0.4) is 0 Å². The van der Waals surface area contributed by atoms with Gasteiger partial charge in [-0.3, -0.25) is 4.79 Å². The fraction of sp³-hybridized carbons (Fsp3) is 0.282. The molecule has 1 amide bonds. The molecule has 0 aliphatic rings. The van der Waals surface area contributed by atoms with Gasteiger partial charge in [-0.1, -0.05) is 12.1 Å². The van der Waals surface area contributed by atoms with E-state index in [2.05, 4.69) is 25.8 Å². The third kappa shape index (κ3) is 9.27. The van der Waals surface area contributed by atoms with Crippen LogP contribution in [0.15, 0.2) is 89.4 Å². The van der Waals surface area contributed by atoms with Crippen LogP contribution in [0.1, 0.15) is 15.9 Å². The van der Waals surface area contributed by atoms with E-state index >= 15 is 0 Å². The number of hydrogen-bond acceptors (Lipinski definition) is 9. The van der Waals surface area contributed by atoms with Gasteiger partial charge in [0.05, 0.1) is 70.7 Å². The summed E-state index contributed by atoms with van der Waals surface area (Å²) >= 11 is 3.67. The number of aromatic nitrogens is 2. The Kier molecular flexibility index (Phi) is 13.5. The van der Waals surface area contributed by atoms with Crippen LogP contribution in [0.5, 0.6) is 23.0 Å². The van der Waals surface area contributed by atoms with Crippen LogP contribution in [-0.4, -0.2) is 83.4 Å². The van der Waals surface area contributed by atoms with Crippen LogP contribution < -0.4 is 30.0 Å². The van der Waals surface area contributed by atoms with E-state index < -0.39 is 0 Å². The molecule has 1 heterocycles. The summed E-state index contributed by atoms with van der Waals surface area (Å²) in [5, 5.41) is 2.91. The van der Waals surface area contributed by atoms with Crippen LogP contribution in [0.2, 0.25) is 0 Å². The van der Waals surface area contributed by atoms with Gasteiger partial charge >= 0.3 is 0 Å². The average Bonchev–Trinajstić information content (AvgIpc) is 3.54. The van der Waals surface area contributed by atoms with Gasteiger partial charge in [0.15, 0.2) is 11.5 Å². The zero-order valence-electron chi connectivity index (χ0n) is 29.2. The quantitative estimate of drug-likeness (QED) is 0.0970. The summed E-state index contributed by atoms with van der Waals surface area (Å²) < 4.78 is 36.0. The summed E-state index contributed by atoms with van der Waals surface area (Å²) in [5.74, 6) is 3.18. The second-order valence-corrected chi connectivity index (χ2v) is 12.2. The Hall–Kier alpha value is -4.88. The number of hydrogen-bond donors (Lipinski definition) is 2. The first kappa shape index (κ1) is 37.4. The van der Waals surface area contributed by atoms with Gasteiger partial charge in [0.1, 0.15) is 17.3 Å². The minimum atomic E-state index is -0.177. The van der Waals surface area contributed by atoms with Crippen molar-refractivity contribution in [2.45, 2.75) is 6.54 Å². The molecule has 0 spiro atoms. The highest BCUT2D eigenvalue weighted by Gasteiger charge is 2.24. The van der Waals surface area contributed by atoms with Gasteiger partial charge in [-0.2, -0.15) is 0 Å².